The number of hydrogen-bond acceptors (Lipinski definition) is 6. The average Bonchev–Trinajstić information content (AvgIpc) is 2.81. The number of hydrogen-bond donors (Lipinski definition) is 1. The summed E-state index contributed by atoms with van der Waals surface area (Å²) in [7, 11) is -3.96. The van der Waals surface area contributed by atoms with Crippen molar-refractivity contribution in [3.8, 4) is 0 Å². The smallest absolute Gasteiger partial charge is 0.270 e. The molecule has 0 fully saturated rings. The van der Waals surface area contributed by atoms with Crippen molar-refractivity contribution >= 4 is 43.8 Å². The highest BCUT2D eigenvalue weighted by Crippen LogP contribution is 2.19. The molecule has 33 heavy (non-hydrogen) atoms. The number of sulfonamides is 1. The summed E-state index contributed by atoms with van der Waals surface area (Å²) in [5, 5.41) is 14.7. The second kappa shape index (κ2) is 10.9. The Balaban J connectivity index is 1.76. The van der Waals surface area contributed by atoms with Crippen LogP contribution in [0.4, 0.5) is 5.69 Å². The van der Waals surface area contributed by atoms with E-state index in [0.717, 1.165) is 8.78 Å². The Morgan fingerprint density at radius 2 is 1.76 bits per heavy atom. The minimum Gasteiger partial charge on any atom is -0.272 e. The van der Waals surface area contributed by atoms with Crippen molar-refractivity contribution in [1.82, 2.24) is 9.73 Å². The SMILES string of the molecule is O=C(CN(Cc1ccc(Br)cc1)S(=O)(=O)c1ccccc1)NN=Cc1cccc([N+](=O)[O-])c1. The molecule has 0 aliphatic rings. The summed E-state index contributed by atoms with van der Waals surface area (Å²) in [5.74, 6) is -0.659. The van der Waals surface area contributed by atoms with Gasteiger partial charge in [0.25, 0.3) is 11.6 Å². The van der Waals surface area contributed by atoms with Crippen LogP contribution in [0.5, 0.6) is 0 Å². The molecule has 170 valence electrons. The zero-order valence-corrected chi connectivity index (χ0v) is 19.6. The second-order valence-corrected chi connectivity index (χ2v) is 9.71. The third kappa shape index (κ3) is 6.78. The van der Waals surface area contributed by atoms with Crippen LogP contribution >= 0.6 is 15.9 Å². The van der Waals surface area contributed by atoms with E-state index in [-0.39, 0.29) is 17.1 Å². The third-order valence-electron chi connectivity index (χ3n) is 4.46. The molecule has 3 aromatic rings. The van der Waals surface area contributed by atoms with Gasteiger partial charge in [-0.05, 0) is 29.8 Å². The van der Waals surface area contributed by atoms with Crippen molar-refractivity contribution in [3.63, 3.8) is 0 Å². The van der Waals surface area contributed by atoms with E-state index in [2.05, 4.69) is 26.5 Å². The van der Waals surface area contributed by atoms with Gasteiger partial charge in [-0.1, -0.05) is 58.4 Å². The molecule has 0 aliphatic heterocycles. The summed E-state index contributed by atoms with van der Waals surface area (Å²) in [5.41, 5.74) is 3.27. The first-order chi connectivity index (χ1) is 15.8. The number of nitro benzene ring substituents is 1. The van der Waals surface area contributed by atoms with Gasteiger partial charge < -0.3 is 0 Å². The van der Waals surface area contributed by atoms with Gasteiger partial charge in [-0.3, -0.25) is 14.9 Å². The molecule has 0 bridgehead atoms. The molecule has 0 heterocycles. The Bertz CT molecular complexity index is 1270. The number of nitrogens with zero attached hydrogens (tertiary/aromatic N) is 3. The normalized spacial score (nSPS) is 11.6. The molecule has 0 saturated heterocycles. The number of carbonyl (C=O) groups is 1. The lowest BCUT2D eigenvalue weighted by Crippen LogP contribution is -2.39. The fourth-order valence-electron chi connectivity index (χ4n) is 2.85. The number of hydrazone groups is 1. The molecule has 3 aromatic carbocycles. The first-order valence-corrected chi connectivity index (χ1v) is 11.8. The average molecular weight is 531 g/mol. The maximum Gasteiger partial charge on any atom is 0.270 e. The van der Waals surface area contributed by atoms with Crippen LogP contribution < -0.4 is 5.43 Å². The largest absolute Gasteiger partial charge is 0.272 e. The van der Waals surface area contributed by atoms with Crippen molar-refractivity contribution in [3.05, 3.63) is 105 Å². The summed E-state index contributed by atoms with van der Waals surface area (Å²) in [4.78, 5) is 22.9. The van der Waals surface area contributed by atoms with Crippen LogP contribution in [-0.4, -0.2) is 36.3 Å². The molecule has 0 spiro atoms. The highest BCUT2D eigenvalue weighted by atomic mass is 79.9. The number of benzene rings is 3. The van der Waals surface area contributed by atoms with E-state index in [1.165, 1.54) is 36.5 Å². The Hall–Kier alpha value is -3.41. The molecule has 0 atom stereocenters. The molecule has 0 saturated carbocycles. The van der Waals surface area contributed by atoms with Crippen LogP contribution in [0.25, 0.3) is 0 Å². The summed E-state index contributed by atoms with van der Waals surface area (Å²) < 4.78 is 28.2. The van der Waals surface area contributed by atoms with E-state index in [4.69, 9.17) is 0 Å². The lowest BCUT2D eigenvalue weighted by molar-refractivity contribution is -0.384. The Morgan fingerprint density at radius 3 is 2.42 bits per heavy atom. The van der Waals surface area contributed by atoms with E-state index in [1.807, 2.05) is 0 Å². The minimum absolute atomic E-state index is 0.0213. The first-order valence-electron chi connectivity index (χ1n) is 9.62. The summed E-state index contributed by atoms with van der Waals surface area (Å²) >= 11 is 3.34. The Kier molecular flexibility index (Phi) is 8.04. The van der Waals surface area contributed by atoms with Gasteiger partial charge in [0.1, 0.15) is 0 Å². The van der Waals surface area contributed by atoms with E-state index in [0.29, 0.717) is 11.1 Å². The zero-order chi connectivity index (χ0) is 23.8. The van der Waals surface area contributed by atoms with Crippen molar-refractivity contribution in [1.29, 1.82) is 0 Å². The molecule has 1 amide bonds. The molecule has 0 aromatic heterocycles. The fraction of sp³-hybridized carbons (Fsp3) is 0.0909. The highest BCUT2D eigenvalue weighted by molar-refractivity contribution is 9.10. The molecule has 0 aliphatic carbocycles. The fourth-order valence-corrected chi connectivity index (χ4v) is 4.52. The van der Waals surface area contributed by atoms with Crippen LogP contribution in [0, 0.1) is 10.1 Å². The third-order valence-corrected chi connectivity index (χ3v) is 6.79. The van der Waals surface area contributed by atoms with Crippen LogP contribution in [0.3, 0.4) is 0 Å². The van der Waals surface area contributed by atoms with E-state index < -0.39 is 27.4 Å². The predicted octanol–water partition coefficient (Wildman–Crippen LogP) is 3.70. The summed E-state index contributed by atoms with van der Waals surface area (Å²) in [6, 6.07) is 20.6. The number of non-ortho nitro benzene ring substituents is 1. The molecule has 3 rings (SSSR count). The number of amides is 1. The molecule has 11 heteroatoms. The Labute approximate surface area is 199 Å². The number of rotatable bonds is 9. The molecule has 0 radical (unpaired) electrons. The maximum absolute atomic E-state index is 13.2. The zero-order valence-electron chi connectivity index (χ0n) is 17.2. The molecule has 9 nitrogen and oxygen atoms in total. The van der Waals surface area contributed by atoms with E-state index >= 15 is 0 Å². The van der Waals surface area contributed by atoms with Crippen molar-refractivity contribution in [2.75, 3.05) is 6.54 Å². The Morgan fingerprint density at radius 1 is 1.06 bits per heavy atom. The van der Waals surface area contributed by atoms with Crippen LogP contribution in [0.1, 0.15) is 11.1 Å². The summed E-state index contributed by atoms with van der Waals surface area (Å²) in [6.45, 7) is -0.494. The van der Waals surface area contributed by atoms with Gasteiger partial charge in [0.15, 0.2) is 0 Å². The molecular formula is C22H19BrN4O5S. The minimum atomic E-state index is -3.96. The van der Waals surface area contributed by atoms with Crippen LogP contribution in [-0.2, 0) is 21.4 Å². The highest BCUT2D eigenvalue weighted by Gasteiger charge is 2.26. The van der Waals surface area contributed by atoms with Gasteiger partial charge in [-0.25, -0.2) is 13.8 Å². The maximum atomic E-state index is 13.2. The van der Waals surface area contributed by atoms with Gasteiger partial charge in [0, 0.05) is 28.7 Å². The van der Waals surface area contributed by atoms with Gasteiger partial charge in [-0.15, -0.1) is 0 Å². The molecule has 0 unspecified atom stereocenters. The standard InChI is InChI=1S/C22H19BrN4O5S/c23-19-11-9-17(10-12-19)15-26(33(31,32)21-7-2-1-3-8-21)16-22(28)25-24-14-18-5-4-6-20(13-18)27(29)30/h1-14H,15-16H2,(H,25,28). The van der Waals surface area contributed by atoms with Crippen LogP contribution in [0.15, 0.2) is 93.3 Å². The first kappa shape index (κ1) is 24.2. The topological polar surface area (TPSA) is 122 Å². The predicted molar refractivity (Wildman–Crippen MR) is 127 cm³/mol. The van der Waals surface area contributed by atoms with Crippen molar-refractivity contribution in [2.45, 2.75) is 11.4 Å². The monoisotopic (exact) mass is 530 g/mol. The van der Waals surface area contributed by atoms with Crippen LogP contribution in [0.2, 0.25) is 0 Å². The second-order valence-electron chi connectivity index (χ2n) is 6.86. The lowest BCUT2D eigenvalue weighted by atomic mass is 10.2. The van der Waals surface area contributed by atoms with Gasteiger partial charge in [0.05, 0.1) is 22.6 Å². The van der Waals surface area contributed by atoms with Crippen molar-refractivity contribution in [2.24, 2.45) is 5.10 Å². The van der Waals surface area contributed by atoms with E-state index in [1.54, 1.807) is 48.5 Å². The molecule has 1 N–H and O–H groups in total. The van der Waals surface area contributed by atoms with Gasteiger partial charge in [-0.2, -0.15) is 9.41 Å². The number of nitrogens with one attached hydrogen (secondary N) is 1. The van der Waals surface area contributed by atoms with Crippen molar-refractivity contribution < 1.29 is 18.1 Å². The number of carbonyl (C=O) groups excluding carboxylic acids is 1. The number of halogens is 1. The van der Waals surface area contributed by atoms with Gasteiger partial charge in [0.2, 0.25) is 10.0 Å². The quantitative estimate of drug-likeness (QED) is 0.256. The van der Waals surface area contributed by atoms with E-state index in [9.17, 15) is 23.3 Å². The number of nitro groups is 1. The molecular weight excluding hydrogens is 512 g/mol. The lowest BCUT2D eigenvalue weighted by Gasteiger charge is -2.21. The van der Waals surface area contributed by atoms with Gasteiger partial charge >= 0.3 is 0 Å². The summed E-state index contributed by atoms with van der Waals surface area (Å²) in [6.07, 6.45) is 1.25.